The Morgan fingerprint density at radius 1 is 1.24 bits per heavy atom. The minimum Gasteiger partial charge on any atom is -0.508 e. The summed E-state index contributed by atoms with van der Waals surface area (Å²) in [6.45, 7) is 7.97. The number of phenolic OH excluding ortho intramolecular Hbond substituents is 1. The number of hydrogen-bond donors (Lipinski definition) is 1. The number of hydrogen-bond acceptors (Lipinski definition) is 4. The van der Waals surface area contributed by atoms with E-state index in [1.54, 1.807) is 30.3 Å². The number of aromatic hydroxyl groups is 1. The summed E-state index contributed by atoms with van der Waals surface area (Å²) in [6, 6.07) is 6.54. The van der Waals surface area contributed by atoms with Gasteiger partial charge in [0.15, 0.2) is 0 Å². The number of unbranched alkanes of at least 4 members (excludes halogenated alkanes) is 1. The Morgan fingerprint density at radius 2 is 1.86 bits per heavy atom. The molecule has 1 rings (SSSR count). The van der Waals surface area contributed by atoms with Crippen molar-refractivity contribution in [2.45, 2.75) is 46.1 Å². The predicted molar refractivity (Wildman–Crippen MR) is 82.8 cm³/mol. The lowest BCUT2D eigenvalue weighted by atomic mass is 10.2. The molecule has 0 aliphatic heterocycles. The Bertz CT molecular complexity index is 481. The molecule has 0 unspecified atom stereocenters. The van der Waals surface area contributed by atoms with Crippen molar-refractivity contribution in [2.75, 3.05) is 6.61 Å². The van der Waals surface area contributed by atoms with Crippen LogP contribution in [0.4, 0.5) is 0 Å². The van der Waals surface area contributed by atoms with Gasteiger partial charge in [-0.3, -0.25) is 0 Å². The van der Waals surface area contributed by atoms with Crippen LogP contribution < -0.4 is 0 Å². The van der Waals surface area contributed by atoms with Crippen molar-refractivity contribution in [1.29, 1.82) is 0 Å². The third-order valence-corrected chi connectivity index (χ3v) is 2.55. The molecule has 116 valence electrons. The van der Waals surface area contributed by atoms with Crippen LogP contribution in [0.2, 0.25) is 0 Å². The molecule has 1 aromatic carbocycles. The van der Waals surface area contributed by atoms with Gasteiger partial charge in [0, 0.05) is 0 Å². The highest BCUT2D eigenvalue weighted by molar-refractivity contribution is 5.91. The first-order valence-corrected chi connectivity index (χ1v) is 7.18. The Balaban J connectivity index is 2.89. The van der Waals surface area contributed by atoms with Gasteiger partial charge in [-0.15, -0.1) is 0 Å². The maximum atomic E-state index is 12.2. The second-order valence-electron chi connectivity index (χ2n) is 5.80. The molecule has 0 bridgehead atoms. The molecule has 21 heavy (non-hydrogen) atoms. The summed E-state index contributed by atoms with van der Waals surface area (Å²) in [6.07, 6.45) is 3.49. The van der Waals surface area contributed by atoms with Crippen LogP contribution in [0.15, 0.2) is 30.0 Å². The van der Waals surface area contributed by atoms with Crippen molar-refractivity contribution < 1.29 is 19.4 Å². The van der Waals surface area contributed by atoms with Crippen LogP contribution >= 0.6 is 0 Å². The van der Waals surface area contributed by atoms with Gasteiger partial charge in [0.2, 0.25) is 5.76 Å². The van der Waals surface area contributed by atoms with E-state index in [-0.39, 0.29) is 11.5 Å². The number of rotatable bonds is 6. The lowest BCUT2D eigenvalue weighted by molar-refractivity contribution is -0.154. The standard InChI is InChI=1S/C17H24O4/c1-5-6-11-20-15(16(19)21-17(2,3)4)12-13-7-9-14(18)10-8-13/h7-10,12,18H,5-6,11H2,1-4H3/b15-12-. The fraction of sp³-hybridized carbons (Fsp3) is 0.471. The zero-order chi connectivity index (χ0) is 15.9. The van der Waals surface area contributed by atoms with E-state index in [9.17, 15) is 9.90 Å². The molecular formula is C17H24O4. The Labute approximate surface area is 126 Å². The average molecular weight is 292 g/mol. The van der Waals surface area contributed by atoms with Gasteiger partial charge in [0.25, 0.3) is 0 Å². The first kappa shape index (κ1) is 17.1. The zero-order valence-corrected chi connectivity index (χ0v) is 13.2. The van der Waals surface area contributed by atoms with Crippen molar-refractivity contribution in [3.63, 3.8) is 0 Å². The Morgan fingerprint density at radius 3 is 2.38 bits per heavy atom. The summed E-state index contributed by atoms with van der Waals surface area (Å²) < 4.78 is 10.9. The molecule has 0 aliphatic rings. The van der Waals surface area contributed by atoms with Gasteiger partial charge < -0.3 is 14.6 Å². The maximum absolute atomic E-state index is 12.2. The molecule has 4 nitrogen and oxygen atoms in total. The van der Waals surface area contributed by atoms with E-state index in [4.69, 9.17) is 9.47 Å². The number of benzene rings is 1. The molecule has 0 heterocycles. The highest BCUT2D eigenvalue weighted by Gasteiger charge is 2.21. The topological polar surface area (TPSA) is 55.8 Å². The first-order chi connectivity index (χ1) is 9.81. The zero-order valence-electron chi connectivity index (χ0n) is 13.2. The molecule has 1 N–H and O–H groups in total. The molecule has 0 aliphatic carbocycles. The SMILES string of the molecule is CCCCO/C(=C\c1ccc(O)cc1)C(=O)OC(C)(C)C. The molecule has 0 spiro atoms. The smallest absolute Gasteiger partial charge is 0.374 e. The number of carbonyl (C=O) groups is 1. The van der Waals surface area contributed by atoms with Gasteiger partial charge in [0.05, 0.1) is 6.61 Å². The van der Waals surface area contributed by atoms with Crippen LogP contribution in [0.1, 0.15) is 46.1 Å². The largest absolute Gasteiger partial charge is 0.508 e. The summed E-state index contributed by atoms with van der Waals surface area (Å²) in [5.74, 6) is -0.117. The minimum atomic E-state index is -0.570. The molecule has 0 atom stereocenters. The van der Waals surface area contributed by atoms with Gasteiger partial charge in [0.1, 0.15) is 11.4 Å². The molecule has 0 amide bonds. The Hall–Kier alpha value is -1.97. The quantitative estimate of drug-likeness (QED) is 0.374. The third kappa shape index (κ3) is 6.84. The van der Waals surface area contributed by atoms with E-state index in [0.29, 0.717) is 6.61 Å². The second-order valence-corrected chi connectivity index (χ2v) is 5.80. The molecule has 0 saturated carbocycles. The molecule has 0 saturated heterocycles. The molecule has 1 aromatic rings. The van der Waals surface area contributed by atoms with Gasteiger partial charge in [-0.1, -0.05) is 25.5 Å². The molecule has 0 fully saturated rings. The van der Waals surface area contributed by atoms with Crippen molar-refractivity contribution in [2.24, 2.45) is 0 Å². The molecule has 0 aromatic heterocycles. The number of phenols is 1. The molecular weight excluding hydrogens is 268 g/mol. The van der Waals surface area contributed by atoms with Gasteiger partial charge in [-0.2, -0.15) is 0 Å². The average Bonchev–Trinajstić information content (AvgIpc) is 2.38. The number of carbonyl (C=O) groups excluding carboxylic acids is 1. The van der Waals surface area contributed by atoms with Crippen molar-refractivity contribution >= 4 is 12.0 Å². The Kier molecular flexibility index (Phi) is 6.28. The summed E-state index contributed by atoms with van der Waals surface area (Å²) in [7, 11) is 0. The van der Waals surface area contributed by atoms with Crippen LogP contribution in [0.5, 0.6) is 5.75 Å². The second kappa shape index (κ2) is 7.72. The van der Waals surface area contributed by atoms with Crippen molar-refractivity contribution in [3.8, 4) is 5.75 Å². The fourth-order valence-corrected chi connectivity index (χ4v) is 1.54. The number of ether oxygens (including phenoxy) is 2. The van der Waals surface area contributed by atoms with E-state index < -0.39 is 11.6 Å². The number of esters is 1. The lowest BCUT2D eigenvalue weighted by Crippen LogP contribution is -2.25. The van der Waals surface area contributed by atoms with E-state index >= 15 is 0 Å². The summed E-state index contributed by atoms with van der Waals surface area (Å²) >= 11 is 0. The van der Waals surface area contributed by atoms with Crippen molar-refractivity contribution in [3.05, 3.63) is 35.6 Å². The maximum Gasteiger partial charge on any atom is 0.374 e. The minimum absolute atomic E-state index is 0.179. The lowest BCUT2D eigenvalue weighted by Gasteiger charge is -2.20. The summed E-state index contributed by atoms with van der Waals surface area (Å²) in [5.41, 5.74) is 0.198. The van der Waals surface area contributed by atoms with Crippen molar-refractivity contribution in [1.82, 2.24) is 0 Å². The van der Waals surface area contributed by atoms with E-state index in [2.05, 4.69) is 6.92 Å². The van der Waals surface area contributed by atoms with Gasteiger partial charge in [-0.25, -0.2) is 4.79 Å². The highest BCUT2D eigenvalue weighted by atomic mass is 16.6. The molecule has 0 radical (unpaired) electrons. The van der Waals surface area contributed by atoms with Crippen LogP contribution in [0, 0.1) is 0 Å². The van der Waals surface area contributed by atoms with E-state index in [1.807, 2.05) is 20.8 Å². The third-order valence-electron chi connectivity index (χ3n) is 2.55. The van der Waals surface area contributed by atoms with Gasteiger partial charge >= 0.3 is 5.97 Å². The summed E-state index contributed by atoms with van der Waals surface area (Å²) in [4.78, 5) is 12.2. The van der Waals surface area contributed by atoms with Crippen LogP contribution in [0.25, 0.3) is 6.08 Å². The van der Waals surface area contributed by atoms with E-state index in [0.717, 1.165) is 18.4 Å². The summed E-state index contributed by atoms with van der Waals surface area (Å²) in [5, 5.41) is 9.28. The first-order valence-electron chi connectivity index (χ1n) is 7.18. The van der Waals surface area contributed by atoms with Crippen LogP contribution in [-0.2, 0) is 14.3 Å². The highest BCUT2D eigenvalue weighted by Crippen LogP contribution is 2.17. The van der Waals surface area contributed by atoms with Crippen LogP contribution in [0.3, 0.4) is 0 Å². The van der Waals surface area contributed by atoms with E-state index in [1.165, 1.54) is 0 Å². The van der Waals surface area contributed by atoms with Gasteiger partial charge in [-0.05, 0) is 51.0 Å². The normalized spacial score (nSPS) is 12.1. The predicted octanol–water partition coefficient (Wildman–Crippen LogP) is 3.89. The molecule has 4 heteroatoms. The van der Waals surface area contributed by atoms with Crippen LogP contribution in [-0.4, -0.2) is 23.3 Å². The fourth-order valence-electron chi connectivity index (χ4n) is 1.54. The monoisotopic (exact) mass is 292 g/mol.